The van der Waals surface area contributed by atoms with Crippen LogP contribution in [0.15, 0.2) is 18.2 Å². The minimum Gasteiger partial charge on any atom is -0.384 e. The molecule has 1 aromatic rings. The molecule has 1 aromatic heterocycles. The molecule has 1 aliphatic rings. The van der Waals surface area contributed by atoms with Gasteiger partial charge in [0.05, 0.1) is 30.6 Å². The van der Waals surface area contributed by atoms with E-state index in [9.17, 15) is 0 Å². The fourth-order valence-electron chi connectivity index (χ4n) is 2.26. The Morgan fingerprint density at radius 2 is 2.06 bits per heavy atom. The summed E-state index contributed by atoms with van der Waals surface area (Å²) in [6.07, 6.45) is 2.71. The molecule has 2 unspecified atom stereocenters. The molecule has 0 aromatic carbocycles. The number of hydrogen-bond acceptors (Lipinski definition) is 4. The number of hydrogen-bond donors (Lipinski definition) is 1. The number of pyridine rings is 1. The van der Waals surface area contributed by atoms with Crippen molar-refractivity contribution in [2.75, 3.05) is 5.73 Å². The van der Waals surface area contributed by atoms with Crippen molar-refractivity contribution in [1.82, 2.24) is 4.98 Å². The van der Waals surface area contributed by atoms with Crippen molar-refractivity contribution in [3.05, 3.63) is 23.9 Å². The first-order chi connectivity index (χ1) is 8.13. The van der Waals surface area contributed by atoms with Gasteiger partial charge in [0.2, 0.25) is 0 Å². The predicted octanol–water partition coefficient (Wildman–Crippen LogP) is 2.14. The molecular formula is C13H20N2O2. The SMILES string of the molecule is CC1CC(OCc2cccc(N)n2)CC(C)O1. The Hall–Kier alpha value is -1.13. The van der Waals surface area contributed by atoms with Crippen molar-refractivity contribution in [2.45, 2.75) is 51.6 Å². The zero-order valence-electron chi connectivity index (χ0n) is 10.4. The van der Waals surface area contributed by atoms with E-state index in [1.54, 1.807) is 6.07 Å². The average molecular weight is 236 g/mol. The molecule has 1 aliphatic heterocycles. The van der Waals surface area contributed by atoms with E-state index in [0.29, 0.717) is 12.4 Å². The lowest BCUT2D eigenvalue weighted by atomic mass is 10.0. The normalized spacial score (nSPS) is 29.2. The summed E-state index contributed by atoms with van der Waals surface area (Å²) >= 11 is 0. The van der Waals surface area contributed by atoms with Gasteiger partial charge in [-0.15, -0.1) is 0 Å². The van der Waals surface area contributed by atoms with Gasteiger partial charge in [0, 0.05) is 0 Å². The van der Waals surface area contributed by atoms with E-state index in [2.05, 4.69) is 18.8 Å². The topological polar surface area (TPSA) is 57.4 Å². The van der Waals surface area contributed by atoms with Crippen molar-refractivity contribution in [3.63, 3.8) is 0 Å². The van der Waals surface area contributed by atoms with Crippen LogP contribution in [0, 0.1) is 0 Å². The van der Waals surface area contributed by atoms with Gasteiger partial charge in [0.25, 0.3) is 0 Å². The number of ether oxygens (including phenoxy) is 2. The molecule has 0 aliphatic carbocycles. The van der Waals surface area contributed by atoms with E-state index >= 15 is 0 Å². The largest absolute Gasteiger partial charge is 0.384 e. The van der Waals surface area contributed by atoms with E-state index < -0.39 is 0 Å². The molecule has 2 heterocycles. The maximum absolute atomic E-state index is 5.87. The molecule has 4 heteroatoms. The summed E-state index contributed by atoms with van der Waals surface area (Å²) in [7, 11) is 0. The summed E-state index contributed by atoms with van der Waals surface area (Å²) in [5, 5.41) is 0. The molecule has 17 heavy (non-hydrogen) atoms. The van der Waals surface area contributed by atoms with Crippen molar-refractivity contribution in [1.29, 1.82) is 0 Å². The molecule has 4 nitrogen and oxygen atoms in total. The molecule has 94 valence electrons. The molecule has 0 bridgehead atoms. The molecule has 0 spiro atoms. The van der Waals surface area contributed by atoms with Crippen LogP contribution < -0.4 is 5.73 Å². The number of aromatic nitrogens is 1. The van der Waals surface area contributed by atoms with Crippen molar-refractivity contribution in [2.24, 2.45) is 0 Å². The molecule has 2 rings (SSSR count). The monoisotopic (exact) mass is 236 g/mol. The third kappa shape index (κ3) is 3.68. The summed E-state index contributed by atoms with van der Waals surface area (Å²) in [5.74, 6) is 0.541. The van der Waals surface area contributed by atoms with Crippen LogP contribution in [-0.4, -0.2) is 23.3 Å². The van der Waals surface area contributed by atoms with Crippen LogP contribution in [0.4, 0.5) is 5.82 Å². The van der Waals surface area contributed by atoms with Crippen molar-refractivity contribution in [3.8, 4) is 0 Å². The highest BCUT2D eigenvalue weighted by Crippen LogP contribution is 2.22. The zero-order chi connectivity index (χ0) is 12.3. The Kier molecular flexibility index (Phi) is 3.97. The van der Waals surface area contributed by atoms with E-state index in [-0.39, 0.29) is 18.3 Å². The first-order valence-electron chi connectivity index (χ1n) is 6.12. The summed E-state index contributed by atoms with van der Waals surface area (Å²) in [4.78, 5) is 4.22. The van der Waals surface area contributed by atoms with Gasteiger partial charge in [0.1, 0.15) is 5.82 Å². The van der Waals surface area contributed by atoms with Crippen molar-refractivity contribution < 1.29 is 9.47 Å². The van der Waals surface area contributed by atoms with Crippen LogP contribution in [0.25, 0.3) is 0 Å². The summed E-state index contributed by atoms with van der Waals surface area (Å²) in [6.45, 7) is 4.70. The number of rotatable bonds is 3. The third-order valence-electron chi connectivity index (χ3n) is 2.95. The second-order valence-electron chi connectivity index (χ2n) is 4.72. The number of nitrogen functional groups attached to an aromatic ring is 1. The fraction of sp³-hybridized carbons (Fsp3) is 0.615. The minimum atomic E-state index is 0.261. The van der Waals surface area contributed by atoms with E-state index in [0.717, 1.165) is 18.5 Å². The number of nitrogens with two attached hydrogens (primary N) is 1. The highest BCUT2D eigenvalue weighted by atomic mass is 16.5. The molecule has 1 saturated heterocycles. The van der Waals surface area contributed by atoms with E-state index in [4.69, 9.17) is 15.2 Å². The van der Waals surface area contributed by atoms with Gasteiger partial charge in [0.15, 0.2) is 0 Å². The number of nitrogens with zero attached hydrogens (tertiary/aromatic N) is 1. The van der Waals surface area contributed by atoms with Crippen LogP contribution >= 0.6 is 0 Å². The van der Waals surface area contributed by atoms with Crippen molar-refractivity contribution >= 4 is 5.82 Å². The first kappa shape index (κ1) is 12.3. The Balaban J connectivity index is 1.85. The highest BCUT2D eigenvalue weighted by Gasteiger charge is 2.24. The van der Waals surface area contributed by atoms with Crippen LogP contribution in [0.3, 0.4) is 0 Å². The maximum Gasteiger partial charge on any atom is 0.123 e. The lowest BCUT2D eigenvalue weighted by molar-refractivity contribution is -0.106. The van der Waals surface area contributed by atoms with Gasteiger partial charge in [-0.3, -0.25) is 0 Å². The summed E-state index contributed by atoms with van der Waals surface area (Å²) in [6, 6.07) is 5.61. The molecule has 0 saturated carbocycles. The average Bonchev–Trinajstić information content (AvgIpc) is 2.25. The molecule has 2 atom stereocenters. The second kappa shape index (κ2) is 5.47. The Labute approximate surface area is 102 Å². The minimum absolute atomic E-state index is 0.261. The quantitative estimate of drug-likeness (QED) is 0.873. The van der Waals surface area contributed by atoms with Gasteiger partial charge >= 0.3 is 0 Å². The molecule has 0 amide bonds. The third-order valence-corrected chi connectivity index (χ3v) is 2.95. The molecule has 2 N–H and O–H groups in total. The summed E-state index contributed by atoms with van der Waals surface area (Å²) in [5.41, 5.74) is 6.51. The van der Waals surface area contributed by atoms with Crippen LogP contribution in [0.1, 0.15) is 32.4 Å². The number of anilines is 1. The molecule has 0 radical (unpaired) electrons. The standard InChI is InChI=1S/C13H20N2O2/c1-9-6-12(7-10(2)17-9)16-8-11-4-3-5-13(14)15-11/h3-5,9-10,12H,6-8H2,1-2H3,(H2,14,15). The second-order valence-corrected chi connectivity index (χ2v) is 4.72. The van der Waals surface area contributed by atoms with Gasteiger partial charge < -0.3 is 15.2 Å². The van der Waals surface area contributed by atoms with E-state index in [1.165, 1.54) is 0 Å². The van der Waals surface area contributed by atoms with Gasteiger partial charge in [-0.25, -0.2) is 4.98 Å². The zero-order valence-corrected chi connectivity index (χ0v) is 10.4. The van der Waals surface area contributed by atoms with Crippen LogP contribution in [0.5, 0.6) is 0 Å². The Bertz CT molecular complexity index is 360. The smallest absolute Gasteiger partial charge is 0.123 e. The predicted molar refractivity (Wildman–Crippen MR) is 66.5 cm³/mol. The Morgan fingerprint density at radius 1 is 1.35 bits per heavy atom. The lowest BCUT2D eigenvalue weighted by Gasteiger charge is -2.31. The summed E-state index contributed by atoms with van der Waals surface area (Å²) < 4.78 is 11.5. The maximum atomic E-state index is 5.87. The van der Waals surface area contributed by atoms with Crippen LogP contribution in [-0.2, 0) is 16.1 Å². The Morgan fingerprint density at radius 3 is 2.71 bits per heavy atom. The lowest BCUT2D eigenvalue weighted by Crippen LogP contribution is -2.34. The molecular weight excluding hydrogens is 216 g/mol. The van der Waals surface area contributed by atoms with Gasteiger partial charge in [-0.2, -0.15) is 0 Å². The van der Waals surface area contributed by atoms with Gasteiger partial charge in [-0.1, -0.05) is 6.07 Å². The fourth-order valence-corrected chi connectivity index (χ4v) is 2.26. The van der Waals surface area contributed by atoms with E-state index in [1.807, 2.05) is 12.1 Å². The highest BCUT2D eigenvalue weighted by molar-refractivity contribution is 5.28. The first-order valence-corrected chi connectivity index (χ1v) is 6.12. The molecule has 1 fully saturated rings. The van der Waals surface area contributed by atoms with Crippen LogP contribution in [0.2, 0.25) is 0 Å². The van der Waals surface area contributed by atoms with Gasteiger partial charge in [-0.05, 0) is 38.8 Å².